The molecule has 0 saturated carbocycles. The average molecular weight is 382 g/mol. The average Bonchev–Trinajstić information content (AvgIpc) is 3.27. The Balaban J connectivity index is 1.69. The van der Waals surface area contributed by atoms with Crippen LogP contribution in [-0.4, -0.2) is 45.0 Å². The maximum Gasteiger partial charge on any atom is 0.278 e. The fourth-order valence-electron chi connectivity index (χ4n) is 3.40. The number of anilines is 1. The summed E-state index contributed by atoms with van der Waals surface area (Å²) >= 11 is 0. The highest BCUT2D eigenvalue weighted by Gasteiger charge is 2.56. The number of imide groups is 1. The quantitative estimate of drug-likeness (QED) is 0.736. The highest BCUT2D eigenvalue weighted by atomic mass is 16.7. The number of hydrogen-bond acceptors (Lipinski definition) is 7. The van der Waals surface area contributed by atoms with Crippen LogP contribution in [0, 0.1) is 5.92 Å². The number of amides is 2. The molecule has 2 unspecified atom stereocenters. The molecule has 4 rings (SSSR count). The molecule has 1 fully saturated rings. The molecule has 0 aliphatic carbocycles. The Morgan fingerprint density at radius 3 is 2.21 bits per heavy atom. The normalized spacial score (nSPS) is 20.5. The van der Waals surface area contributed by atoms with Crippen molar-refractivity contribution in [3.63, 3.8) is 0 Å². The van der Waals surface area contributed by atoms with Crippen molar-refractivity contribution in [1.29, 1.82) is 0 Å². The summed E-state index contributed by atoms with van der Waals surface area (Å²) in [7, 11) is 4.61. The van der Waals surface area contributed by atoms with E-state index >= 15 is 0 Å². The van der Waals surface area contributed by atoms with Gasteiger partial charge in [0.25, 0.3) is 5.91 Å². The number of carbonyl (C=O) groups is 2. The molecule has 2 heterocycles. The summed E-state index contributed by atoms with van der Waals surface area (Å²) < 4.78 is 15.7. The summed E-state index contributed by atoms with van der Waals surface area (Å²) in [6.07, 6.45) is -0.989. The number of oxime groups is 1. The Labute approximate surface area is 161 Å². The zero-order valence-electron chi connectivity index (χ0n) is 15.5. The van der Waals surface area contributed by atoms with Crippen LogP contribution in [0.25, 0.3) is 0 Å². The van der Waals surface area contributed by atoms with Crippen molar-refractivity contribution in [3.8, 4) is 17.2 Å². The van der Waals surface area contributed by atoms with Gasteiger partial charge in [0.2, 0.25) is 12.0 Å². The van der Waals surface area contributed by atoms with Crippen molar-refractivity contribution in [2.75, 3.05) is 26.2 Å². The first-order chi connectivity index (χ1) is 13.6. The highest BCUT2D eigenvalue weighted by Crippen LogP contribution is 2.38. The van der Waals surface area contributed by atoms with E-state index in [1.165, 1.54) is 7.11 Å². The van der Waals surface area contributed by atoms with E-state index in [0.29, 0.717) is 34.2 Å². The summed E-state index contributed by atoms with van der Waals surface area (Å²) in [5, 5.41) is 4.02. The number of ether oxygens (including phenoxy) is 3. The standard InChI is InChI=1S/C20H18N2O6/c1-25-12-6-4-11(5-7-12)22-19(23)16-17(21-28-18(16)20(22)24)14-9-8-13(26-2)10-15(14)27-3/h4-10,16,18H,1-3H3. The molecule has 2 aromatic carbocycles. The van der Waals surface area contributed by atoms with Gasteiger partial charge in [0.15, 0.2) is 0 Å². The van der Waals surface area contributed by atoms with E-state index in [1.807, 2.05) is 0 Å². The molecule has 2 aliphatic heterocycles. The number of benzene rings is 2. The van der Waals surface area contributed by atoms with Gasteiger partial charge in [0.05, 0.1) is 27.0 Å². The van der Waals surface area contributed by atoms with E-state index < -0.39 is 23.8 Å². The largest absolute Gasteiger partial charge is 0.497 e. The van der Waals surface area contributed by atoms with E-state index in [1.54, 1.807) is 56.7 Å². The molecule has 1 saturated heterocycles. The summed E-state index contributed by atoms with van der Waals surface area (Å²) in [4.78, 5) is 32.4. The predicted octanol–water partition coefficient (Wildman–Crippen LogP) is 2.00. The lowest BCUT2D eigenvalue weighted by molar-refractivity contribution is -0.126. The lowest BCUT2D eigenvalue weighted by Crippen LogP contribution is -2.33. The van der Waals surface area contributed by atoms with Gasteiger partial charge < -0.3 is 19.0 Å². The lowest BCUT2D eigenvalue weighted by Gasteiger charge is -2.16. The summed E-state index contributed by atoms with van der Waals surface area (Å²) in [6.45, 7) is 0. The fourth-order valence-corrected chi connectivity index (χ4v) is 3.40. The molecule has 28 heavy (non-hydrogen) atoms. The van der Waals surface area contributed by atoms with Crippen molar-refractivity contribution >= 4 is 23.2 Å². The fraction of sp³-hybridized carbons (Fsp3) is 0.250. The second kappa shape index (κ2) is 6.88. The van der Waals surface area contributed by atoms with Crippen LogP contribution in [-0.2, 0) is 14.4 Å². The topological polar surface area (TPSA) is 86.7 Å². The highest BCUT2D eigenvalue weighted by molar-refractivity contribution is 6.32. The third-order valence-corrected chi connectivity index (χ3v) is 4.83. The van der Waals surface area contributed by atoms with Crippen molar-refractivity contribution in [2.45, 2.75) is 6.10 Å². The number of nitrogens with zero attached hydrogens (tertiary/aromatic N) is 2. The van der Waals surface area contributed by atoms with Crippen LogP contribution >= 0.6 is 0 Å². The second-order valence-corrected chi connectivity index (χ2v) is 6.26. The lowest BCUT2D eigenvalue weighted by atomic mass is 9.93. The van der Waals surface area contributed by atoms with E-state index in [2.05, 4.69) is 5.16 Å². The molecule has 0 radical (unpaired) electrons. The van der Waals surface area contributed by atoms with Crippen molar-refractivity contribution in [3.05, 3.63) is 48.0 Å². The summed E-state index contributed by atoms with van der Waals surface area (Å²) in [6, 6.07) is 11.8. The zero-order chi connectivity index (χ0) is 19.8. The third-order valence-electron chi connectivity index (χ3n) is 4.83. The van der Waals surface area contributed by atoms with Gasteiger partial charge >= 0.3 is 0 Å². The van der Waals surface area contributed by atoms with Gasteiger partial charge in [0.1, 0.15) is 28.9 Å². The molecule has 0 aromatic heterocycles. The number of rotatable bonds is 5. The van der Waals surface area contributed by atoms with Crippen molar-refractivity contribution < 1.29 is 28.6 Å². The van der Waals surface area contributed by atoms with Crippen LogP contribution in [0.2, 0.25) is 0 Å². The first kappa shape index (κ1) is 17.8. The van der Waals surface area contributed by atoms with Crippen molar-refractivity contribution in [1.82, 2.24) is 0 Å². The Hall–Kier alpha value is -3.55. The molecular formula is C20H18N2O6. The van der Waals surface area contributed by atoms with Crippen molar-refractivity contribution in [2.24, 2.45) is 11.1 Å². The monoisotopic (exact) mass is 382 g/mol. The minimum Gasteiger partial charge on any atom is -0.497 e. The zero-order valence-corrected chi connectivity index (χ0v) is 15.5. The molecule has 0 bridgehead atoms. The Morgan fingerprint density at radius 2 is 1.57 bits per heavy atom. The van der Waals surface area contributed by atoms with Gasteiger partial charge in [0, 0.05) is 11.6 Å². The number of methoxy groups -OCH3 is 3. The smallest absolute Gasteiger partial charge is 0.278 e. The maximum atomic E-state index is 13.1. The molecule has 8 heteroatoms. The molecule has 2 aliphatic rings. The Kier molecular flexibility index (Phi) is 4.38. The van der Waals surface area contributed by atoms with Crippen LogP contribution in [0.4, 0.5) is 5.69 Å². The van der Waals surface area contributed by atoms with E-state index in [-0.39, 0.29) is 0 Å². The summed E-state index contributed by atoms with van der Waals surface area (Å²) in [5.74, 6) is 0.0259. The number of hydrogen-bond donors (Lipinski definition) is 0. The number of carbonyl (C=O) groups excluding carboxylic acids is 2. The van der Waals surface area contributed by atoms with Crippen LogP contribution in [0.5, 0.6) is 17.2 Å². The first-order valence-corrected chi connectivity index (χ1v) is 8.57. The van der Waals surface area contributed by atoms with Gasteiger partial charge in [-0.2, -0.15) is 0 Å². The van der Waals surface area contributed by atoms with E-state index in [4.69, 9.17) is 19.0 Å². The van der Waals surface area contributed by atoms with E-state index in [9.17, 15) is 9.59 Å². The van der Waals surface area contributed by atoms with Gasteiger partial charge in [-0.3, -0.25) is 9.59 Å². The SMILES string of the molecule is COc1ccc(N2C(=O)C3ON=C(c4ccc(OC)cc4OC)C3C2=O)cc1. The Bertz CT molecular complexity index is 969. The molecule has 144 valence electrons. The minimum absolute atomic E-state index is 0.360. The van der Waals surface area contributed by atoms with Gasteiger partial charge in [-0.25, -0.2) is 4.90 Å². The number of fused-ring (bicyclic) bond motifs is 1. The first-order valence-electron chi connectivity index (χ1n) is 8.57. The van der Waals surface area contributed by atoms with Crippen LogP contribution in [0.15, 0.2) is 47.6 Å². The molecule has 2 amide bonds. The van der Waals surface area contributed by atoms with E-state index in [0.717, 1.165) is 4.90 Å². The molecular weight excluding hydrogens is 364 g/mol. The van der Waals surface area contributed by atoms with Gasteiger partial charge in [-0.1, -0.05) is 5.16 Å². The maximum absolute atomic E-state index is 13.1. The van der Waals surface area contributed by atoms with Crippen LogP contribution < -0.4 is 19.1 Å². The van der Waals surface area contributed by atoms with Crippen LogP contribution in [0.1, 0.15) is 5.56 Å². The molecule has 2 atom stereocenters. The second-order valence-electron chi connectivity index (χ2n) is 6.26. The van der Waals surface area contributed by atoms with Gasteiger partial charge in [-0.05, 0) is 36.4 Å². The predicted molar refractivity (Wildman–Crippen MR) is 99.9 cm³/mol. The Morgan fingerprint density at radius 1 is 0.893 bits per heavy atom. The molecule has 0 spiro atoms. The summed E-state index contributed by atoms with van der Waals surface area (Å²) in [5.41, 5.74) is 1.39. The minimum atomic E-state index is -0.989. The molecule has 2 aromatic rings. The van der Waals surface area contributed by atoms with Crippen LogP contribution in [0.3, 0.4) is 0 Å². The molecule has 0 N–H and O–H groups in total. The van der Waals surface area contributed by atoms with Gasteiger partial charge in [-0.15, -0.1) is 0 Å². The third kappa shape index (κ3) is 2.65. The molecule has 8 nitrogen and oxygen atoms in total.